The summed E-state index contributed by atoms with van der Waals surface area (Å²) in [4.78, 5) is 21.5. The van der Waals surface area contributed by atoms with Crippen molar-refractivity contribution in [3.05, 3.63) is 87.2 Å². The van der Waals surface area contributed by atoms with Crippen LogP contribution in [-0.4, -0.2) is 14.5 Å². The molecule has 0 spiro atoms. The molecule has 0 saturated carbocycles. The second kappa shape index (κ2) is 7.46. The summed E-state index contributed by atoms with van der Waals surface area (Å²) < 4.78 is 1.81. The highest BCUT2D eigenvalue weighted by atomic mass is 32.2. The summed E-state index contributed by atoms with van der Waals surface area (Å²) >= 11 is 1.68. The number of rotatable bonds is 5. The Kier molecular flexibility index (Phi) is 4.89. The van der Waals surface area contributed by atoms with E-state index in [0.29, 0.717) is 6.54 Å². The highest BCUT2D eigenvalue weighted by Gasteiger charge is 2.22. The third-order valence-corrected chi connectivity index (χ3v) is 5.79. The normalized spacial score (nSPS) is 13.0. The standard InChI is InChI=1S/C21H21N3OS/c1-15-6-4-7-16(12-15)14-26-20-18-9-5-10-19(18)24(21(25)23-20)13-17-8-2-3-11-22-17/h2-4,6-8,11-12H,5,9-10,13-14H2,1H3. The molecule has 0 amide bonds. The van der Waals surface area contributed by atoms with Crippen molar-refractivity contribution >= 4 is 11.8 Å². The van der Waals surface area contributed by atoms with E-state index in [1.54, 1.807) is 22.5 Å². The quantitative estimate of drug-likeness (QED) is 0.511. The zero-order valence-corrected chi connectivity index (χ0v) is 15.6. The molecule has 4 rings (SSSR count). The van der Waals surface area contributed by atoms with Gasteiger partial charge in [0.15, 0.2) is 0 Å². The lowest BCUT2D eigenvalue weighted by atomic mass is 10.2. The Labute approximate surface area is 157 Å². The van der Waals surface area contributed by atoms with Crippen LogP contribution in [0.4, 0.5) is 0 Å². The van der Waals surface area contributed by atoms with Crippen LogP contribution < -0.4 is 5.69 Å². The van der Waals surface area contributed by atoms with Gasteiger partial charge in [0.1, 0.15) is 5.03 Å². The van der Waals surface area contributed by atoms with E-state index in [4.69, 9.17) is 0 Å². The molecule has 1 aromatic carbocycles. The van der Waals surface area contributed by atoms with Crippen LogP contribution in [-0.2, 0) is 25.1 Å². The van der Waals surface area contributed by atoms with Gasteiger partial charge in [-0.25, -0.2) is 4.79 Å². The molecule has 0 unspecified atom stereocenters. The number of nitrogens with zero attached hydrogens (tertiary/aromatic N) is 3. The third kappa shape index (κ3) is 3.58. The van der Waals surface area contributed by atoms with Gasteiger partial charge >= 0.3 is 5.69 Å². The fraction of sp³-hybridized carbons (Fsp3) is 0.286. The zero-order chi connectivity index (χ0) is 17.9. The Balaban J connectivity index is 1.62. The van der Waals surface area contributed by atoms with Gasteiger partial charge in [-0.3, -0.25) is 9.55 Å². The third-order valence-electron chi connectivity index (χ3n) is 4.71. The highest BCUT2D eigenvalue weighted by Crippen LogP contribution is 2.31. The molecule has 26 heavy (non-hydrogen) atoms. The predicted molar refractivity (Wildman–Crippen MR) is 105 cm³/mol. The molecule has 0 atom stereocenters. The van der Waals surface area contributed by atoms with Crippen LogP contribution in [0.25, 0.3) is 0 Å². The molecule has 0 fully saturated rings. The second-order valence-electron chi connectivity index (χ2n) is 6.66. The lowest BCUT2D eigenvalue weighted by Gasteiger charge is -2.14. The lowest BCUT2D eigenvalue weighted by Crippen LogP contribution is -2.28. The van der Waals surface area contributed by atoms with Gasteiger partial charge in [-0.05, 0) is 43.9 Å². The summed E-state index contributed by atoms with van der Waals surface area (Å²) in [7, 11) is 0. The minimum atomic E-state index is -0.164. The summed E-state index contributed by atoms with van der Waals surface area (Å²) in [6.07, 6.45) is 4.79. The largest absolute Gasteiger partial charge is 0.349 e. The van der Waals surface area contributed by atoms with Gasteiger partial charge in [-0.2, -0.15) is 4.98 Å². The first-order valence-electron chi connectivity index (χ1n) is 8.91. The van der Waals surface area contributed by atoms with Crippen LogP contribution in [0.15, 0.2) is 58.5 Å². The van der Waals surface area contributed by atoms with E-state index in [2.05, 4.69) is 41.2 Å². The fourth-order valence-corrected chi connectivity index (χ4v) is 4.50. The summed E-state index contributed by atoms with van der Waals surface area (Å²) in [5.74, 6) is 0.838. The number of aromatic nitrogens is 3. The molecule has 2 heterocycles. The topological polar surface area (TPSA) is 47.8 Å². The molecule has 1 aliphatic carbocycles. The van der Waals surface area contributed by atoms with Gasteiger partial charge in [0, 0.05) is 23.2 Å². The van der Waals surface area contributed by atoms with Crippen LogP contribution >= 0.6 is 11.8 Å². The second-order valence-corrected chi connectivity index (χ2v) is 7.63. The minimum Gasteiger partial charge on any atom is -0.290 e. The maximum absolute atomic E-state index is 12.7. The number of pyridine rings is 1. The van der Waals surface area contributed by atoms with Gasteiger partial charge in [0.25, 0.3) is 0 Å². The highest BCUT2D eigenvalue weighted by molar-refractivity contribution is 7.98. The van der Waals surface area contributed by atoms with E-state index in [1.807, 2.05) is 18.2 Å². The van der Waals surface area contributed by atoms with E-state index in [0.717, 1.165) is 41.4 Å². The lowest BCUT2D eigenvalue weighted by molar-refractivity contribution is 0.656. The minimum absolute atomic E-state index is 0.164. The maximum atomic E-state index is 12.7. The van der Waals surface area contributed by atoms with Crippen molar-refractivity contribution in [2.45, 2.75) is 43.5 Å². The Morgan fingerprint density at radius 2 is 2.08 bits per heavy atom. The Bertz CT molecular complexity index is 982. The number of thioether (sulfide) groups is 1. The summed E-state index contributed by atoms with van der Waals surface area (Å²) in [6.45, 7) is 2.60. The van der Waals surface area contributed by atoms with E-state index in [9.17, 15) is 4.79 Å². The van der Waals surface area contributed by atoms with Gasteiger partial charge in [0.2, 0.25) is 0 Å². The molecule has 0 bridgehead atoms. The first-order chi connectivity index (χ1) is 12.7. The Hall–Kier alpha value is -2.40. The molecule has 0 N–H and O–H groups in total. The van der Waals surface area contributed by atoms with Crippen LogP contribution in [0.2, 0.25) is 0 Å². The van der Waals surface area contributed by atoms with Gasteiger partial charge in [-0.1, -0.05) is 35.9 Å². The molecule has 132 valence electrons. The molecule has 5 heteroatoms. The Morgan fingerprint density at radius 3 is 2.88 bits per heavy atom. The number of fused-ring (bicyclic) bond motifs is 1. The van der Waals surface area contributed by atoms with E-state index >= 15 is 0 Å². The van der Waals surface area contributed by atoms with Crippen LogP contribution in [0.1, 0.15) is 34.5 Å². The molecule has 4 nitrogen and oxygen atoms in total. The maximum Gasteiger partial charge on any atom is 0.349 e. The molecule has 0 aliphatic heterocycles. The average Bonchev–Trinajstić information content (AvgIpc) is 3.13. The van der Waals surface area contributed by atoms with E-state index in [1.165, 1.54) is 16.7 Å². The zero-order valence-electron chi connectivity index (χ0n) is 14.8. The van der Waals surface area contributed by atoms with E-state index < -0.39 is 0 Å². The first-order valence-corrected chi connectivity index (χ1v) is 9.90. The van der Waals surface area contributed by atoms with Crippen molar-refractivity contribution in [3.8, 4) is 0 Å². The molecule has 1 aliphatic rings. The Morgan fingerprint density at radius 1 is 1.15 bits per heavy atom. The predicted octanol–water partition coefficient (Wildman–Crippen LogP) is 3.78. The van der Waals surface area contributed by atoms with E-state index in [-0.39, 0.29) is 5.69 Å². The van der Waals surface area contributed by atoms with Crippen molar-refractivity contribution in [1.29, 1.82) is 0 Å². The van der Waals surface area contributed by atoms with Crippen molar-refractivity contribution in [2.75, 3.05) is 0 Å². The SMILES string of the molecule is Cc1cccc(CSc2nc(=O)n(Cc3ccccn3)c3c2CCC3)c1. The molecule has 2 aromatic heterocycles. The van der Waals surface area contributed by atoms with Crippen LogP contribution in [0, 0.1) is 6.92 Å². The molecule has 3 aromatic rings. The van der Waals surface area contributed by atoms with Gasteiger partial charge in [0.05, 0.1) is 12.2 Å². The first kappa shape index (κ1) is 17.0. The van der Waals surface area contributed by atoms with Crippen molar-refractivity contribution in [1.82, 2.24) is 14.5 Å². The summed E-state index contributed by atoms with van der Waals surface area (Å²) in [5, 5.41) is 0.904. The van der Waals surface area contributed by atoms with Crippen molar-refractivity contribution < 1.29 is 0 Å². The number of hydrogen-bond acceptors (Lipinski definition) is 4. The number of aryl methyl sites for hydroxylation is 1. The summed E-state index contributed by atoms with van der Waals surface area (Å²) in [5.41, 5.74) is 5.64. The summed E-state index contributed by atoms with van der Waals surface area (Å²) in [6, 6.07) is 14.3. The molecular weight excluding hydrogens is 342 g/mol. The van der Waals surface area contributed by atoms with Gasteiger partial charge < -0.3 is 0 Å². The molecule has 0 saturated heterocycles. The monoisotopic (exact) mass is 363 g/mol. The van der Waals surface area contributed by atoms with Gasteiger partial charge in [-0.15, -0.1) is 11.8 Å². The molecular formula is C21H21N3OS. The molecule has 0 radical (unpaired) electrons. The average molecular weight is 363 g/mol. The fourth-order valence-electron chi connectivity index (χ4n) is 3.48. The van der Waals surface area contributed by atoms with Crippen molar-refractivity contribution in [3.63, 3.8) is 0 Å². The number of benzene rings is 1. The van der Waals surface area contributed by atoms with Crippen LogP contribution in [0.3, 0.4) is 0 Å². The van der Waals surface area contributed by atoms with Crippen molar-refractivity contribution in [2.24, 2.45) is 0 Å². The van der Waals surface area contributed by atoms with Crippen LogP contribution in [0.5, 0.6) is 0 Å². The number of hydrogen-bond donors (Lipinski definition) is 0. The smallest absolute Gasteiger partial charge is 0.290 e.